The molecule has 0 spiro atoms. The lowest BCUT2D eigenvalue weighted by atomic mass is 10.2. The Morgan fingerprint density at radius 1 is 1.48 bits per heavy atom. The standard InChI is InChI=1S/C14H12BrClN2O2S/c15-9-1-2-12-11(5-9)18(14(19)7-20-12)4-3-13-17-10(6-16)8-21-13/h1-2,5,8H,3-4,6-7H2. The van der Waals surface area contributed by atoms with Gasteiger partial charge in [-0.2, -0.15) is 0 Å². The third kappa shape index (κ3) is 3.22. The molecule has 1 amide bonds. The summed E-state index contributed by atoms with van der Waals surface area (Å²) in [6.45, 7) is 0.667. The summed E-state index contributed by atoms with van der Waals surface area (Å²) in [6.07, 6.45) is 0.708. The number of hydrogen-bond acceptors (Lipinski definition) is 4. The van der Waals surface area contributed by atoms with Crippen LogP contribution in [0.5, 0.6) is 5.75 Å². The van der Waals surface area contributed by atoms with E-state index < -0.39 is 0 Å². The zero-order valence-electron chi connectivity index (χ0n) is 11.0. The third-order valence-corrected chi connectivity index (χ3v) is 4.87. The molecular formula is C14H12BrClN2O2S. The number of benzene rings is 1. The lowest BCUT2D eigenvalue weighted by Gasteiger charge is -2.29. The molecule has 1 aliphatic rings. The van der Waals surface area contributed by atoms with Gasteiger partial charge in [0.1, 0.15) is 5.75 Å². The number of rotatable bonds is 4. The number of thiazole rings is 1. The molecule has 2 aromatic rings. The summed E-state index contributed by atoms with van der Waals surface area (Å²) in [5.41, 5.74) is 1.68. The summed E-state index contributed by atoms with van der Waals surface area (Å²) in [4.78, 5) is 18.3. The van der Waals surface area contributed by atoms with Gasteiger partial charge in [-0.05, 0) is 18.2 Å². The number of carbonyl (C=O) groups is 1. The minimum absolute atomic E-state index is 0.0327. The van der Waals surface area contributed by atoms with Gasteiger partial charge in [0.2, 0.25) is 0 Å². The molecule has 21 heavy (non-hydrogen) atoms. The van der Waals surface area contributed by atoms with E-state index >= 15 is 0 Å². The number of carbonyl (C=O) groups excluding carboxylic acids is 1. The first-order chi connectivity index (χ1) is 10.2. The SMILES string of the molecule is O=C1COc2ccc(Br)cc2N1CCc1nc(CCl)cs1. The van der Waals surface area contributed by atoms with Crippen molar-refractivity contribution in [2.45, 2.75) is 12.3 Å². The summed E-state index contributed by atoms with van der Waals surface area (Å²) in [5, 5.41) is 2.94. The van der Waals surface area contributed by atoms with E-state index in [4.69, 9.17) is 16.3 Å². The molecule has 1 aromatic heterocycles. The monoisotopic (exact) mass is 386 g/mol. The summed E-state index contributed by atoms with van der Waals surface area (Å²) in [5.74, 6) is 1.12. The zero-order chi connectivity index (χ0) is 14.8. The number of alkyl halides is 1. The number of amides is 1. The summed E-state index contributed by atoms with van der Waals surface area (Å²) in [6, 6.07) is 5.67. The fourth-order valence-electron chi connectivity index (χ4n) is 2.15. The first kappa shape index (κ1) is 14.8. The van der Waals surface area contributed by atoms with Crippen LogP contribution >= 0.6 is 38.9 Å². The van der Waals surface area contributed by atoms with Crippen LogP contribution in [0, 0.1) is 0 Å². The van der Waals surface area contributed by atoms with E-state index in [1.54, 1.807) is 16.2 Å². The largest absolute Gasteiger partial charge is 0.482 e. The normalized spacial score (nSPS) is 14.0. The molecule has 0 saturated heterocycles. The van der Waals surface area contributed by atoms with Crippen LogP contribution in [0.25, 0.3) is 0 Å². The van der Waals surface area contributed by atoms with Crippen molar-refractivity contribution >= 4 is 50.5 Å². The molecule has 0 saturated carbocycles. The smallest absolute Gasteiger partial charge is 0.265 e. The Hall–Kier alpha value is -1.11. The number of hydrogen-bond donors (Lipinski definition) is 0. The first-order valence-electron chi connectivity index (χ1n) is 6.39. The van der Waals surface area contributed by atoms with Crippen molar-refractivity contribution in [1.29, 1.82) is 0 Å². The minimum atomic E-state index is -0.0327. The van der Waals surface area contributed by atoms with E-state index in [2.05, 4.69) is 20.9 Å². The Bertz CT molecular complexity index is 677. The highest BCUT2D eigenvalue weighted by atomic mass is 79.9. The average Bonchev–Trinajstić information content (AvgIpc) is 2.94. The van der Waals surface area contributed by atoms with Crippen LogP contribution < -0.4 is 9.64 Å². The highest BCUT2D eigenvalue weighted by molar-refractivity contribution is 9.10. The van der Waals surface area contributed by atoms with E-state index in [1.807, 2.05) is 23.6 Å². The highest BCUT2D eigenvalue weighted by Crippen LogP contribution is 2.34. The maximum atomic E-state index is 12.1. The second kappa shape index (κ2) is 6.34. The van der Waals surface area contributed by atoms with E-state index in [0.717, 1.165) is 26.6 Å². The van der Waals surface area contributed by atoms with Gasteiger partial charge in [0, 0.05) is 22.8 Å². The second-order valence-electron chi connectivity index (χ2n) is 4.56. The molecule has 3 rings (SSSR count). The van der Waals surface area contributed by atoms with Crippen molar-refractivity contribution in [2.24, 2.45) is 0 Å². The fourth-order valence-corrected chi connectivity index (χ4v) is 3.52. The quantitative estimate of drug-likeness (QED) is 0.753. The Kier molecular flexibility index (Phi) is 4.47. The number of aromatic nitrogens is 1. The van der Waals surface area contributed by atoms with Crippen LogP contribution in [-0.2, 0) is 17.1 Å². The Labute approximate surface area is 139 Å². The molecule has 7 heteroatoms. The van der Waals surface area contributed by atoms with Gasteiger partial charge in [-0.1, -0.05) is 15.9 Å². The second-order valence-corrected chi connectivity index (χ2v) is 6.69. The third-order valence-electron chi connectivity index (χ3n) is 3.15. The van der Waals surface area contributed by atoms with Crippen molar-refractivity contribution in [3.8, 4) is 5.75 Å². The molecule has 0 bridgehead atoms. The number of anilines is 1. The molecule has 1 aromatic carbocycles. The molecule has 0 fully saturated rings. The van der Waals surface area contributed by atoms with E-state index in [9.17, 15) is 4.79 Å². The number of nitrogens with zero attached hydrogens (tertiary/aromatic N) is 2. The minimum Gasteiger partial charge on any atom is -0.482 e. The number of halogens is 2. The molecule has 4 nitrogen and oxygen atoms in total. The first-order valence-corrected chi connectivity index (χ1v) is 8.60. The highest BCUT2D eigenvalue weighted by Gasteiger charge is 2.25. The molecule has 0 N–H and O–H groups in total. The van der Waals surface area contributed by atoms with Gasteiger partial charge in [-0.15, -0.1) is 22.9 Å². The maximum absolute atomic E-state index is 12.1. The molecule has 0 aliphatic carbocycles. The molecule has 110 valence electrons. The summed E-state index contributed by atoms with van der Waals surface area (Å²) in [7, 11) is 0. The van der Waals surface area contributed by atoms with Crippen molar-refractivity contribution < 1.29 is 9.53 Å². The van der Waals surface area contributed by atoms with Crippen molar-refractivity contribution in [3.05, 3.63) is 38.8 Å². The predicted molar refractivity (Wildman–Crippen MR) is 87.4 cm³/mol. The Morgan fingerprint density at radius 2 is 2.33 bits per heavy atom. The topological polar surface area (TPSA) is 42.4 Å². The molecule has 0 atom stereocenters. The molecule has 2 heterocycles. The van der Waals surface area contributed by atoms with Crippen LogP contribution in [0.1, 0.15) is 10.7 Å². The van der Waals surface area contributed by atoms with Crippen LogP contribution in [0.3, 0.4) is 0 Å². The Morgan fingerprint density at radius 3 is 3.10 bits per heavy atom. The summed E-state index contributed by atoms with van der Waals surface area (Å²) >= 11 is 10.8. The lowest BCUT2D eigenvalue weighted by molar-refractivity contribution is -0.121. The van der Waals surface area contributed by atoms with Crippen molar-refractivity contribution in [2.75, 3.05) is 18.1 Å². The van der Waals surface area contributed by atoms with E-state index in [0.29, 0.717) is 18.8 Å². The van der Waals surface area contributed by atoms with Crippen molar-refractivity contribution in [1.82, 2.24) is 4.98 Å². The predicted octanol–water partition coefficient (Wildman–Crippen LogP) is 3.61. The number of ether oxygens (including phenoxy) is 1. The van der Waals surface area contributed by atoms with Gasteiger partial charge >= 0.3 is 0 Å². The molecule has 0 radical (unpaired) electrons. The van der Waals surface area contributed by atoms with Crippen LogP contribution in [-0.4, -0.2) is 24.0 Å². The molecule has 1 aliphatic heterocycles. The van der Waals surface area contributed by atoms with Gasteiger partial charge in [0.25, 0.3) is 5.91 Å². The lowest BCUT2D eigenvalue weighted by Crippen LogP contribution is -2.40. The van der Waals surface area contributed by atoms with Crippen LogP contribution in [0.15, 0.2) is 28.1 Å². The van der Waals surface area contributed by atoms with Crippen molar-refractivity contribution in [3.63, 3.8) is 0 Å². The maximum Gasteiger partial charge on any atom is 0.265 e. The summed E-state index contributed by atoms with van der Waals surface area (Å²) < 4.78 is 6.37. The average molecular weight is 388 g/mol. The number of fused-ring (bicyclic) bond motifs is 1. The van der Waals surface area contributed by atoms with Crippen LogP contribution in [0.2, 0.25) is 0 Å². The molecular weight excluding hydrogens is 376 g/mol. The zero-order valence-corrected chi connectivity index (χ0v) is 14.2. The fraction of sp³-hybridized carbons (Fsp3) is 0.286. The van der Waals surface area contributed by atoms with E-state index in [-0.39, 0.29) is 12.5 Å². The van der Waals surface area contributed by atoms with Gasteiger partial charge in [0.15, 0.2) is 6.61 Å². The van der Waals surface area contributed by atoms with Crippen LogP contribution in [0.4, 0.5) is 5.69 Å². The van der Waals surface area contributed by atoms with E-state index in [1.165, 1.54) is 0 Å². The van der Waals surface area contributed by atoms with Gasteiger partial charge < -0.3 is 9.64 Å². The van der Waals surface area contributed by atoms with Gasteiger partial charge in [0.05, 0.1) is 22.3 Å². The Balaban J connectivity index is 1.78. The van der Waals surface area contributed by atoms with Gasteiger partial charge in [-0.25, -0.2) is 4.98 Å². The van der Waals surface area contributed by atoms with Gasteiger partial charge in [-0.3, -0.25) is 4.79 Å². The molecule has 0 unspecified atom stereocenters.